The number of aliphatic carboxylic acids is 1. The summed E-state index contributed by atoms with van der Waals surface area (Å²) in [4.78, 5) is 10.9. The van der Waals surface area contributed by atoms with Crippen LogP contribution >= 0.6 is 0 Å². The van der Waals surface area contributed by atoms with Gasteiger partial charge in [0.15, 0.2) is 0 Å². The van der Waals surface area contributed by atoms with Crippen molar-refractivity contribution in [2.24, 2.45) is 5.92 Å². The molecule has 1 fully saturated rings. The molecule has 0 amide bonds. The van der Waals surface area contributed by atoms with Gasteiger partial charge < -0.3 is 10.4 Å². The number of hydrogen-bond acceptors (Lipinski definition) is 3. The summed E-state index contributed by atoms with van der Waals surface area (Å²) >= 11 is 0. The molecule has 4 heteroatoms. The van der Waals surface area contributed by atoms with Crippen LogP contribution in [0.1, 0.15) is 49.8 Å². The number of carbonyl (C=O) groups is 1. The van der Waals surface area contributed by atoms with Gasteiger partial charge in [0.1, 0.15) is 0 Å². The van der Waals surface area contributed by atoms with E-state index in [1.165, 1.54) is 0 Å². The van der Waals surface area contributed by atoms with Crippen LogP contribution in [-0.2, 0) is 4.79 Å². The van der Waals surface area contributed by atoms with Gasteiger partial charge in [-0.15, -0.1) is 0 Å². The zero-order valence-electron chi connectivity index (χ0n) is 11.7. The molecule has 0 aliphatic heterocycles. The van der Waals surface area contributed by atoms with Crippen molar-refractivity contribution in [1.29, 1.82) is 5.26 Å². The minimum Gasteiger partial charge on any atom is -0.481 e. The molecule has 4 nitrogen and oxygen atoms in total. The number of nitrogens with zero attached hydrogens (tertiary/aromatic N) is 1. The van der Waals surface area contributed by atoms with Crippen molar-refractivity contribution in [3.63, 3.8) is 0 Å². The van der Waals surface area contributed by atoms with Crippen LogP contribution in [0.5, 0.6) is 0 Å². The largest absolute Gasteiger partial charge is 0.481 e. The van der Waals surface area contributed by atoms with Crippen LogP contribution in [0.2, 0.25) is 0 Å². The third kappa shape index (κ3) is 3.58. The van der Waals surface area contributed by atoms with Crippen molar-refractivity contribution in [3.05, 3.63) is 35.4 Å². The van der Waals surface area contributed by atoms with Crippen LogP contribution in [0.25, 0.3) is 0 Å². The van der Waals surface area contributed by atoms with Gasteiger partial charge in [-0.1, -0.05) is 12.1 Å². The lowest BCUT2D eigenvalue weighted by Gasteiger charge is -2.29. The first-order chi connectivity index (χ1) is 9.60. The third-order valence-corrected chi connectivity index (χ3v) is 4.10. The van der Waals surface area contributed by atoms with Crippen LogP contribution in [-0.4, -0.2) is 17.1 Å². The Labute approximate surface area is 119 Å². The van der Waals surface area contributed by atoms with E-state index in [-0.39, 0.29) is 12.0 Å². The second kappa shape index (κ2) is 6.53. The Morgan fingerprint density at radius 2 is 1.90 bits per heavy atom. The maximum absolute atomic E-state index is 10.9. The Morgan fingerprint density at radius 3 is 2.40 bits per heavy atom. The molecular weight excluding hydrogens is 252 g/mol. The molecule has 1 unspecified atom stereocenters. The molecule has 0 aromatic heterocycles. The summed E-state index contributed by atoms with van der Waals surface area (Å²) < 4.78 is 0. The molecular formula is C16H20N2O2. The number of hydrogen-bond donors (Lipinski definition) is 2. The second-order valence-corrected chi connectivity index (χ2v) is 5.51. The highest BCUT2D eigenvalue weighted by Gasteiger charge is 2.26. The maximum Gasteiger partial charge on any atom is 0.306 e. The number of nitriles is 1. The predicted molar refractivity (Wildman–Crippen MR) is 76.1 cm³/mol. The molecule has 1 aromatic rings. The monoisotopic (exact) mass is 272 g/mol. The first-order valence-corrected chi connectivity index (χ1v) is 7.09. The molecule has 1 saturated carbocycles. The Balaban J connectivity index is 1.87. The fourth-order valence-corrected chi connectivity index (χ4v) is 2.80. The zero-order chi connectivity index (χ0) is 14.5. The highest BCUT2D eigenvalue weighted by Crippen LogP contribution is 2.26. The first kappa shape index (κ1) is 14.5. The Hall–Kier alpha value is -1.86. The smallest absolute Gasteiger partial charge is 0.306 e. The molecule has 2 rings (SSSR count). The third-order valence-electron chi connectivity index (χ3n) is 4.10. The van der Waals surface area contributed by atoms with E-state index in [1.54, 1.807) is 0 Å². The average Bonchev–Trinajstić information content (AvgIpc) is 2.48. The fourth-order valence-electron chi connectivity index (χ4n) is 2.80. The van der Waals surface area contributed by atoms with Crippen molar-refractivity contribution >= 4 is 5.97 Å². The van der Waals surface area contributed by atoms with E-state index in [4.69, 9.17) is 10.4 Å². The van der Waals surface area contributed by atoms with Crippen LogP contribution in [0.3, 0.4) is 0 Å². The molecule has 106 valence electrons. The molecule has 0 heterocycles. The lowest BCUT2D eigenvalue weighted by atomic mass is 9.85. The Kier molecular flexibility index (Phi) is 4.75. The second-order valence-electron chi connectivity index (χ2n) is 5.51. The van der Waals surface area contributed by atoms with E-state index in [9.17, 15) is 4.79 Å². The lowest BCUT2D eigenvalue weighted by molar-refractivity contribution is -0.142. The predicted octanol–water partition coefficient (Wildman–Crippen LogP) is 2.85. The van der Waals surface area contributed by atoms with Gasteiger partial charge in [0.05, 0.1) is 17.6 Å². The summed E-state index contributed by atoms with van der Waals surface area (Å²) in [6.45, 7) is 2.10. The van der Waals surface area contributed by atoms with Crippen molar-refractivity contribution < 1.29 is 9.90 Å². The van der Waals surface area contributed by atoms with Gasteiger partial charge in [0, 0.05) is 12.1 Å². The molecule has 0 bridgehead atoms. The van der Waals surface area contributed by atoms with Crippen molar-refractivity contribution in [3.8, 4) is 6.07 Å². The molecule has 20 heavy (non-hydrogen) atoms. The van der Waals surface area contributed by atoms with E-state index >= 15 is 0 Å². The highest BCUT2D eigenvalue weighted by molar-refractivity contribution is 5.70. The van der Waals surface area contributed by atoms with Gasteiger partial charge in [0.2, 0.25) is 0 Å². The van der Waals surface area contributed by atoms with Crippen molar-refractivity contribution in [2.45, 2.75) is 44.7 Å². The molecule has 0 spiro atoms. The van der Waals surface area contributed by atoms with Crippen molar-refractivity contribution in [2.75, 3.05) is 0 Å². The van der Waals surface area contributed by atoms with Gasteiger partial charge in [-0.2, -0.15) is 5.26 Å². The molecule has 1 aromatic carbocycles. The standard InChI is InChI=1S/C16H20N2O2/c1-11(13-4-2-12(10-17)3-5-13)18-15-8-6-14(7-9-15)16(19)20/h2-5,11,14-15,18H,6-9H2,1H3,(H,19,20). The van der Waals surface area contributed by atoms with Gasteiger partial charge in [-0.25, -0.2) is 0 Å². The fraction of sp³-hybridized carbons (Fsp3) is 0.500. The summed E-state index contributed by atoms with van der Waals surface area (Å²) in [6.07, 6.45) is 3.34. The normalized spacial score (nSPS) is 23.8. The zero-order valence-corrected chi connectivity index (χ0v) is 11.7. The van der Waals surface area contributed by atoms with Crippen LogP contribution in [0, 0.1) is 17.2 Å². The molecule has 0 saturated heterocycles. The Morgan fingerprint density at radius 1 is 1.30 bits per heavy atom. The maximum atomic E-state index is 10.9. The number of nitrogens with one attached hydrogen (secondary N) is 1. The summed E-state index contributed by atoms with van der Waals surface area (Å²) in [5, 5.41) is 21.3. The minimum absolute atomic E-state index is 0.168. The van der Waals surface area contributed by atoms with E-state index in [0.29, 0.717) is 11.6 Å². The van der Waals surface area contributed by atoms with E-state index in [2.05, 4.69) is 18.3 Å². The number of rotatable bonds is 4. The van der Waals surface area contributed by atoms with Gasteiger partial charge in [-0.3, -0.25) is 4.79 Å². The summed E-state index contributed by atoms with van der Waals surface area (Å²) in [5.74, 6) is -0.832. The van der Waals surface area contributed by atoms with Crippen LogP contribution in [0.4, 0.5) is 0 Å². The average molecular weight is 272 g/mol. The quantitative estimate of drug-likeness (QED) is 0.884. The molecule has 0 radical (unpaired) electrons. The van der Waals surface area contributed by atoms with Gasteiger partial charge in [0.25, 0.3) is 0 Å². The summed E-state index contributed by atoms with van der Waals surface area (Å²) in [6, 6.07) is 10.3. The molecule has 2 N–H and O–H groups in total. The summed E-state index contributed by atoms with van der Waals surface area (Å²) in [7, 11) is 0. The first-order valence-electron chi connectivity index (χ1n) is 7.09. The molecule has 1 atom stereocenters. The topological polar surface area (TPSA) is 73.1 Å². The number of benzene rings is 1. The van der Waals surface area contributed by atoms with Gasteiger partial charge in [-0.05, 0) is 50.3 Å². The van der Waals surface area contributed by atoms with Crippen molar-refractivity contribution in [1.82, 2.24) is 5.32 Å². The number of carboxylic acid groups (broad SMARTS) is 1. The van der Waals surface area contributed by atoms with Crippen LogP contribution in [0.15, 0.2) is 24.3 Å². The number of carboxylic acids is 1. The van der Waals surface area contributed by atoms with E-state index in [1.807, 2.05) is 24.3 Å². The minimum atomic E-state index is -0.663. The SMILES string of the molecule is CC(NC1CCC(C(=O)O)CC1)c1ccc(C#N)cc1. The summed E-state index contributed by atoms with van der Waals surface area (Å²) in [5.41, 5.74) is 1.83. The van der Waals surface area contributed by atoms with E-state index in [0.717, 1.165) is 31.2 Å². The van der Waals surface area contributed by atoms with Gasteiger partial charge >= 0.3 is 5.97 Å². The lowest BCUT2D eigenvalue weighted by Crippen LogP contribution is -2.36. The van der Waals surface area contributed by atoms with E-state index < -0.39 is 5.97 Å². The molecule has 1 aliphatic carbocycles. The molecule has 1 aliphatic rings. The Bertz CT molecular complexity index is 496. The van der Waals surface area contributed by atoms with Crippen LogP contribution < -0.4 is 5.32 Å². The highest BCUT2D eigenvalue weighted by atomic mass is 16.4.